The van der Waals surface area contributed by atoms with Gasteiger partial charge in [-0.1, -0.05) is 26.7 Å². The first kappa shape index (κ1) is 15.7. The van der Waals surface area contributed by atoms with Crippen molar-refractivity contribution in [1.29, 1.82) is 0 Å². The van der Waals surface area contributed by atoms with E-state index in [1.807, 2.05) is 4.90 Å². The summed E-state index contributed by atoms with van der Waals surface area (Å²) in [6.07, 6.45) is 8.96. The minimum absolute atomic E-state index is 0.0550. The second-order valence-electron chi connectivity index (χ2n) is 5.90. The molecule has 0 aliphatic carbocycles. The Bertz CT molecular complexity index is 438. The van der Waals surface area contributed by atoms with Gasteiger partial charge in [-0.15, -0.1) is 0 Å². The van der Waals surface area contributed by atoms with Crippen molar-refractivity contribution in [2.45, 2.75) is 46.0 Å². The number of nitrogens with zero attached hydrogens (tertiary/aromatic N) is 3. The number of unbranched alkanes of at least 4 members (excludes halogenated alkanes) is 2. The molecule has 0 aromatic carbocycles. The van der Waals surface area contributed by atoms with Gasteiger partial charge in [-0.05, 0) is 25.2 Å². The van der Waals surface area contributed by atoms with Crippen LogP contribution in [0.4, 0.5) is 5.95 Å². The van der Waals surface area contributed by atoms with Crippen LogP contribution in [-0.4, -0.2) is 40.4 Å². The molecule has 1 amide bonds. The van der Waals surface area contributed by atoms with E-state index < -0.39 is 0 Å². The molecule has 116 valence electrons. The predicted molar refractivity (Wildman–Crippen MR) is 84.3 cm³/mol. The molecule has 0 unspecified atom stereocenters. The van der Waals surface area contributed by atoms with Crippen LogP contribution in [0.2, 0.25) is 0 Å². The third kappa shape index (κ3) is 4.69. The normalized spacial score (nSPS) is 16.0. The van der Waals surface area contributed by atoms with Crippen molar-refractivity contribution in [3.63, 3.8) is 0 Å². The van der Waals surface area contributed by atoms with E-state index in [-0.39, 0.29) is 5.91 Å². The van der Waals surface area contributed by atoms with Crippen molar-refractivity contribution in [3.05, 3.63) is 18.0 Å². The predicted octanol–water partition coefficient (Wildman–Crippen LogP) is 2.95. The van der Waals surface area contributed by atoms with E-state index in [9.17, 15) is 4.79 Å². The number of piperidine rings is 1. The van der Waals surface area contributed by atoms with E-state index in [4.69, 9.17) is 0 Å². The Morgan fingerprint density at radius 3 is 2.57 bits per heavy atom. The number of rotatable bonds is 6. The van der Waals surface area contributed by atoms with Crippen LogP contribution in [0.5, 0.6) is 0 Å². The third-order valence-corrected chi connectivity index (χ3v) is 4.03. The number of likely N-dealkylation sites (tertiary alicyclic amines) is 1. The number of amides is 1. The number of hydrogen-bond acceptors (Lipinski definition) is 4. The number of aromatic nitrogens is 2. The number of anilines is 1. The largest absolute Gasteiger partial charge is 0.354 e. The SMILES string of the molecule is CCCCCNc1ncc(C(=O)N2CCC(C)CC2)cn1. The summed E-state index contributed by atoms with van der Waals surface area (Å²) < 4.78 is 0. The highest BCUT2D eigenvalue weighted by atomic mass is 16.2. The molecule has 5 nitrogen and oxygen atoms in total. The number of carbonyl (C=O) groups is 1. The van der Waals surface area contributed by atoms with Crippen LogP contribution in [0.15, 0.2) is 12.4 Å². The Hall–Kier alpha value is -1.65. The average Bonchev–Trinajstić information content (AvgIpc) is 2.52. The molecule has 2 rings (SSSR count). The van der Waals surface area contributed by atoms with E-state index in [1.54, 1.807) is 12.4 Å². The molecule has 1 N–H and O–H groups in total. The van der Waals surface area contributed by atoms with Crippen molar-refractivity contribution in [1.82, 2.24) is 14.9 Å². The van der Waals surface area contributed by atoms with E-state index in [0.29, 0.717) is 11.5 Å². The molecule has 0 spiro atoms. The Labute approximate surface area is 127 Å². The zero-order valence-corrected chi connectivity index (χ0v) is 13.1. The molecule has 2 heterocycles. The quantitative estimate of drug-likeness (QED) is 0.818. The van der Waals surface area contributed by atoms with Gasteiger partial charge in [0, 0.05) is 32.0 Å². The van der Waals surface area contributed by atoms with Gasteiger partial charge in [0.25, 0.3) is 5.91 Å². The molecule has 0 atom stereocenters. The Kier molecular flexibility index (Phi) is 5.96. The summed E-state index contributed by atoms with van der Waals surface area (Å²) in [7, 11) is 0. The average molecular weight is 290 g/mol. The maximum atomic E-state index is 12.3. The Morgan fingerprint density at radius 2 is 1.95 bits per heavy atom. The Morgan fingerprint density at radius 1 is 1.29 bits per heavy atom. The lowest BCUT2D eigenvalue weighted by Gasteiger charge is -2.30. The molecule has 21 heavy (non-hydrogen) atoms. The summed E-state index contributed by atoms with van der Waals surface area (Å²) >= 11 is 0. The minimum atomic E-state index is 0.0550. The van der Waals surface area contributed by atoms with Gasteiger partial charge in [0.15, 0.2) is 0 Å². The molecule has 0 bridgehead atoms. The molecule has 1 aliphatic heterocycles. The van der Waals surface area contributed by atoms with Crippen molar-refractivity contribution in [2.75, 3.05) is 25.0 Å². The molecule has 1 fully saturated rings. The first-order valence-corrected chi connectivity index (χ1v) is 8.06. The molecular weight excluding hydrogens is 264 g/mol. The summed E-state index contributed by atoms with van der Waals surface area (Å²) in [6.45, 7) is 6.99. The third-order valence-electron chi connectivity index (χ3n) is 4.03. The smallest absolute Gasteiger partial charge is 0.256 e. The fourth-order valence-corrected chi connectivity index (χ4v) is 2.50. The van der Waals surface area contributed by atoms with Gasteiger partial charge in [-0.2, -0.15) is 0 Å². The molecule has 5 heteroatoms. The zero-order valence-electron chi connectivity index (χ0n) is 13.1. The zero-order chi connectivity index (χ0) is 15.1. The summed E-state index contributed by atoms with van der Waals surface area (Å²) in [5.41, 5.74) is 0.587. The molecule has 1 aliphatic rings. The van der Waals surface area contributed by atoms with E-state index >= 15 is 0 Å². The van der Waals surface area contributed by atoms with Crippen LogP contribution in [0.25, 0.3) is 0 Å². The van der Waals surface area contributed by atoms with Crippen molar-refractivity contribution in [3.8, 4) is 0 Å². The van der Waals surface area contributed by atoms with Gasteiger partial charge >= 0.3 is 0 Å². The molecular formula is C16H26N4O. The molecule has 0 saturated carbocycles. The highest BCUT2D eigenvalue weighted by molar-refractivity contribution is 5.93. The van der Waals surface area contributed by atoms with Crippen molar-refractivity contribution < 1.29 is 4.79 Å². The van der Waals surface area contributed by atoms with E-state index in [2.05, 4.69) is 29.1 Å². The fraction of sp³-hybridized carbons (Fsp3) is 0.688. The van der Waals surface area contributed by atoms with Gasteiger partial charge < -0.3 is 10.2 Å². The monoisotopic (exact) mass is 290 g/mol. The van der Waals surface area contributed by atoms with Crippen molar-refractivity contribution in [2.24, 2.45) is 5.92 Å². The fourth-order valence-electron chi connectivity index (χ4n) is 2.50. The van der Waals surface area contributed by atoms with E-state index in [0.717, 1.165) is 44.8 Å². The summed E-state index contributed by atoms with van der Waals surface area (Å²) in [5.74, 6) is 1.38. The lowest BCUT2D eigenvalue weighted by atomic mass is 9.99. The first-order valence-electron chi connectivity index (χ1n) is 8.06. The minimum Gasteiger partial charge on any atom is -0.354 e. The number of carbonyl (C=O) groups excluding carboxylic acids is 1. The van der Waals surface area contributed by atoms with Gasteiger partial charge in [0.1, 0.15) is 0 Å². The summed E-state index contributed by atoms with van der Waals surface area (Å²) in [4.78, 5) is 22.7. The topological polar surface area (TPSA) is 58.1 Å². The lowest BCUT2D eigenvalue weighted by molar-refractivity contribution is 0.0696. The molecule has 0 radical (unpaired) electrons. The molecule has 1 aromatic rings. The highest BCUT2D eigenvalue weighted by Crippen LogP contribution is 2.17. The lowest BCUT2D eigenvalue weighted by Crippen LogP contribution is -2.38. The Balaban J connectivity index is 1.85. The van der Waals surface area contributed by atoms with Crippen LogP contribution in [0.3, 0.4) is 0 Å². The number of nitrogens with one attached hydrogen (secondary N) is 1. The molecule has 1 aromatic heterocycles. The molecule has 1 saturated heterocycles. The standard InChI is InChI=1S/C16H26N4O/c1-3-4-5-8-17-16-18-11-14(12-19-16)15(21)20-9-6-13(2)7-10-20/h11-13H,3-10H2,1-2H3,(H,17,18,19). The van der Waals surface area contributed by atoms with Crippen molar-refractivity contribution >= 4 is 11.9 Å². The van der Waals surface area contributed by atoms with Gasteiger partial charge in [0.2, 0.25) is 5.95 Å². The maximum Gasteiger partial charge on any atom is 0.256 e. The van der Waals surface area contributed by atoms with Gasteiger partial charge in [-0.25, -0.2) is 9.97 Å². The van der Waals surface area contributed by atoms with Crippen LogP contribution in [0, 0.1) is 5.92 Å². The highest BCUT2D eigenvalue weighted by Gasteiger charge is 2.21. The number of hydrogen-bond donors (Lipinski definition) is 1. The van der Waals surface area contributed by atoms with E-state index in [1.165, 1.54) is 12.8 Å². The summed E-state index contributed by atoms with van der Waals surface area (Å²) in [5, 5.41) is 3.18. The van der Waals surface area contributed by atoms with Crippen LogP contribution in [0.1, 0.15) is 56.3 Å². The van der Waals surface area contributed by atoms with Gasteiger partial charge in [0.05, 0.1) is 5.56 Å². The second-order valence-corrected chi connectivity index (χ2v) is 5.90. The van der Waals surface area contributed by atoms with Gasteiger partial charge in [-0.3, -0.25) is 4.79 Å². The van der Waals surface area contributed by atoms with Crippen LogP contribution < -0.4 is 5.32 Å². The van der Waals surface area contributed by atoms with Crippen LogP contribution >= 0.6 is 0 Å². The maximum absolute atomic E-state index is 12.3. The summed E-state index contributed by atoms with van der Waals surface area (Å²) in [6, 6.07) is 0. The first-order chi connectivity index (χ1) is 10.2. The second kappa shape index (κ2) is 7.96. The van der Waals surface area contributed by atoms with Crippen LogP contribution in [-0.2, 0) is 0 Å².